The van der Waals surface area contributed by atoms with Crippen LogP contribution < -0.4 is 15.8 Å². The average Bonchev–Trinajstić information content (AvgIpc) is 2.38. The largest absolute Gasteiger partial charge is 0.480 e. The lowest BCUT2D eigenvalue weighted by molar-refractivity contribution is -0.127. The fraction of sp³-hybridized carbons (Fsp3) is 0.467. The van der Waals surface area contributed by atoms with Crippen molar-refractivity contribution in [3.8, 4) is 5.75 Å². The Bertz CT molecular complexity index is 475. The Morgan fingerprint density at radius 3 is 2.60 bits per heavy atom. The van der Waals surface area contributed by atoms with Crippen molar-refractivity contribution in [2.75, 3.05) is 6.54 Å². The number of thiocarbonyl (C=S) groups is 1. The zero-order valence-electron chi connectivity index (χ0n) is 12.2. The van der Waals surface area contributed by atoms with Crippen molar-refractivity contribution in [1.29, 1.82) is 0 Å². The van der Waals surface area contributed by atoms with Gasteiger partial charge in [-0.1, -0.05) is 38.2 Å². The lowest BCUT2D eigenvalue weighted by atomic mass is 10.1. The van der Waals surface area contributed by atoms with E-state index in [0.29, 0.717) is 23.8 Å². The summed E-state index contributed by atoms with van der Waals surface area (Å²) in [6, 6.07) is 7.18. The predicted octanol–water partition coefficient (Wildman–Crippen LogP) is 2.25. The lowest BCUT2D eigenvalue weighted by Crippen LogP contribution is -2.37. The number of nitrogens with one attached hydrogen (secondary N) is 1. The van der Waals surface area contributed by atoms with E-state index in [1.165, 1.54) is 0 Å². The number of nitrogens with two attached hydrogens (primary N) is 1. The van der Waals surface area contributed by atoms with E-state index in [1.807, 2.05) is 12.1 Å². The first-order valence-corrected chi connectivity index (χ1v) is 7.15. The van der Waals surface area contributed by atoms with Crippen LogP contribution in [0, 0.1) is 5.92 Å². The zero-order chi connectivity index (χ0) is 15.1. The van der Waals surface area contributed by atoms with Crippen LogP contribution in [0.2, 0.25) is 0 Å². The van der Waals surface area contributed by atoms with Crippen LogP contribution in [0.3, 0.4) is 0 Å². The quantitative estimate of drug-likeness (QED) is 0.757. The van der Waals surface area contributed by atoms with Gasteiger partial charge in [0.05, 0.1) is 5.56 Å². The maximum absolute atomic E-state index is 11.9. The van der Waals surface area contributed by atoms with Gasteiger partial charge in [0.2, 0.25) is 0 Å². The number of benzene rings is 1. The van der Waals surface area contributed by atoms with E-state index in [4.69, 9.17) is 22.7 Å². The lowest BCUT2D eigenvalue weighted by Gasteiger charge is -2.17. The third kappa shape index (κ3) is 5.17. The standard InChI is InChI=1S/C15H22N2O2S/c1-10(2)8-9-17-15(18)11(3)19-13-7-5-4-6-12(13)14(16)20/h4-7,10-11H,8-9H2,1-3H3,(H2,16,20)(H,17,18). The Hall–Kier alpha value is -1.62. The fourth-order valence-electron chi connectivity index (χ4n) is 1.64. The van der Waals surface area contributed by atoms with Crippen LogP contribution >= 0.6 is 12.2 Å². The third-order valence-corrected chi connectivity index (χ3v) is 3.07. The maximum atomic E-state index is 11.9. The molecule has 0 heterocycles. The van der Waals surface area contributed by atoms with E-state index >= 15 is 0 Å². The molecule has 1 aromatic rings. The zero-order valence-corrected chi connectivity index (χ0v) is 13.0. The molecule has 0 aliphatic rings. The third-order valence-electron chi connectivity index (χ3n) is 2.85. The molecule has 110 valence electrons. The summed E-state index contributed by atoms with van der Waals surface area (Å²) in [7, 11) is 0. The van der Waals surface area contributed by atoms with Gasteiger partial charge in [-0.2, -0.15) is 0 Å². The SMILES string of the molecule is CC(C)CCNC(=O)C(C)Oc1ccccc1C(N)=S. The minimum Gasteiger partial charge on any atom is -0.480 e. The van der Waals surface area contributed by atoms with Crippen molar-refractivity contribution in [1.82, 2.24) is 5.32 Å². The van der Waals surface area contributed by atoms with Crippen molar-refractivity contribution in [2.45, 2.75) is 33.3 Å². The second-order valence-electron chi connectivity index (χ2n) is 5.09. The summed E-state index contributed by atoms with van der Waals surface area (Å²) in [5, 5.41) is 2.85. The molecule has 4 nitrogen and oxygen atoms in total. The minimum absolute atomic E-state index is 0.136. The first-order valence-electron chi connectivity index (χ1n) is 6.75. The Balaban J connectivity index is 2.59. The van der Waals surface area contributed by atoms with Gasteiger partial charge in [0, 0.05) is 6.54 Å². The second kappa shape index (κ2) is 7.85. The Labute approximate surface area is 125 Å². The van der Waals surface area contributed by atoms with Gasteiger partial charge in [0.25, 0.3) is 5.91 Å². The van der Waals surface area contributed by atoms with E-state index in [1.54, 1.807) is 19.1 Å². The van der Waals surface area contributed by atoms with Gasteiger partial charge in [-0.25, -0.2) is 0 Å². The molecule has 1 aromatic carbocycles. The van der Waals surface area contributed by atoms with Crippen LogP contribution in [0.5, 0.6) is 5.75 Å². The van der Waals surface area contributed by atoms with E-state index in [9.17, 15) is 4.79 Å². The molecule has 1 unspecified atom stereocenters. The summed E-state index contributed by atoms with van der Waals surface area (Å²) in [6.45, 7) is 6.59. The van der Waals surface area contributed by atoms with Gasteiger partial charge in [-0.15, -0.1) is 0 Å². The molecule has 0 bridgehead atoms. The normalized spacial score (nSPS) is 12.0. The molecule has 0 saturated heterocycles. The number of para-hydroxylation sites is 1. The van der Waals surface area contributed by atoms with Crippen molar-refractivity contribution < 1.29 is 9.53 Å². The van der Waals surface area contributed by atoms with Gasteiger partial charge in [0.1, 0.15) is 10.7 Å². The van der Waals surface area contributed by atoms with Gasteiger partial charge < -0.3 is 15.8 Å². The predicted molar refractivity (Wildman–Crippen MR) is 84.9 cm³/mol. The number of carbonyl (C=O) groups excluding carboxylic acids is 1. The highest BCUT2D eigenvalue weighted by Gasteiger charge is 2.16. The fourth-order valence-corrected chi connectivity index (χ4v) is 1.81. The number of hydrogen-bond acceptors (Lipinski definition) is 3. The molecule has 0 aliphatic heterocycles. The first-order chi connectivity index (χ1) is 9.41. The topological polar surface area (TPSA) is 64.3 Å². The van der Waals surface area contributed by atoms with Crippen LogP contribution in [0.1, 0.15) is 32.8 Å². The summed E-state index contributed by atoms with van der Waals surface area (Å²) in [5.74, 6) is 0.955. The molecule has 1 rings (SSSR count). The van der Waals surface area contributed by atoms with E-state index < -0.39 is 6.10 Å². The van der Waals surface area contributed by atoms with Gasteiger partial charge in [-0.3, -0.25) is 4.79 Å². The van der Waals surface area contributed by atoms with Crippen molar-refractivity contribution >= 4 is 23.1 Å². The van der Waals surface area contributed by atoms with E-state index in [0.717, 1.165) is 6.42 Å². The van der Waals surface area contributed by atoms with Crippen molar-refractivity contribution in [3.63, 3.8) is 0 Å². The molecule has 0 aliphatic carbocycles. The highest BCUT2D eigenvalue weighted by molar-refractivity contribution is 7.80. The molecule has 0 spiro atoms. The number of hydrogen-bond donors (Lipinski definition) is 2. The molecule has 0 radical (unpaired) electrons. The highest BCUT2D eigenvalue weighted by atomic mass is 32.1. The smallest absolute Gasteiger partial charge is 0.260 e. The summed E-state index contributed by atoms with van der Waals surface area (Å²) in [4.78, 5) is 12.2. The molecule has 3 N–H and O–H groups in total. The Kier molecular flexibility index (Phi) is 6.45. The summed E-state index contributed by atoms with van der Waals surface area (Å²) in [6.07, 6.45) is 0.361. The molecule has 0 saturated carbocycles. The van der Waals surface area contributed by atoms with E-state index in [2.05, 4.69) is 19.2 Å². The van der Waals surface area contributed by atoms with Crippen LogP contribution in [-0.4, -0.2) is 23.5 Å². The highest BCUT2D eigenvalue weighted by Crippen LogP contribution is 2.19. The molecule has 0 fully saturated rings. The molecule has 1 atom stereocenters. The second-order valence-corrected chi connectivity index (χ2v) is 5.53. The number of rotatable bonds is 7. The van der Waals surface area contributed by atoms with Gasteiger partial charge in [0.15, 0.2) is 6.10 Å². The molecular weight excluding hydrogens is 272 g/mol. The van der Waals surface area contributed by atoms with Gasteiger partial charge >= 0.3 is 0 Å². The molecule has 0 aromatic heterocycles. The Morgan fingerprint density at radius 2 is 2.00 bits per heavy atom. The molecule has 5 heteroatoms. The monoisotopic (exact) mass is 294 g/mol. The number of amides is 1. The molecular formula is C15H22N2O2S. The Morgan fingerprint density at radius 1 is 1.35 bits per heavy atom. The number of carbonyl (C=O) groups is 1. The molecule has 20 heavy (non-hydrogen) atoms. The van der Waals surface area contributed by atoms with Crippen molar-refractivity contribution in [3.05, 3.63) is 29.8 Å². The van der Waals surface area contributed by atoms with E-state index in [-0.39, 0.29) is 10.9 Å². The summed E-state index contributed by atoms with van der Waals surface area (Å²) >= 11 is 4.96. The van der Waals surface area contributed by atoms with Crippen LogP contribution in [-0.2, 0) is 4.79 Å². The number of ether oxygens (including phenoxy) is 1. The maximum Gasteiger partial charge on any atom is 0.260 e. The molecule has 1 amide bonds. The van der Waals surface area contributed by atoms with Crippen LogP contribution in [0.25, 0.3) is 0 Å². The van der Waals surface area contributed by atoms with Crippen LogP contribution in [0.4, 0.5) is 0 Å². The summed E-state index contributed by atoms with van der Waals surface area (Å²) in [5.41, 5.74) is 6.27. The minimum atomic E-state index is -0.585. The average molecular weight is 294 g/mol. The van der Waals surface area contributed by atoms with Gasteiger partial charge in [-0.05, 0) is 31.4 Å². The first kappa shape index (κ1) is 16.4. The van der Waals surface area contributed by atoms with Crippen molar-refractivity contribution in [2.24, 2.45) is 11.7 Å². The van der Waals surface area contributed by atoms with Crippen LogP contribution in [0.15, 0.2) is 24.3 Å². The summed E-state index contributed by atoms with van der Waals surface area (Å²) < 4.78 is 5.65.